The Morgan fingerprint density at radius 3 is 2.97 bits per heavy atom. The molecule has 0 radical (unpaired) electrons. The van der Waals surface area contributed by atoms with E-state index >= 15 is 0 Å². The number of rotatable bonds is 6. The van der Waals surface area contributed by atoms with Gasteiger partial charge in [0, 0.05) is 37.2 Å². The van der Waals surface area contributed by atoms with Gasteiger partial charge >= 0.3 is 0 Å². The molecule has 3 heterocycles. The minimum atomic E-state index is -0.200. The van der Waals surface area contributed by atoms with Crippen molar-refractivity contribution in [3.05, 3.63) is 24.3 Å². The summed E-state index contributed by atoms with van der Waals surface area (Å²) in [6.45, 7) is 2.35. The van der Waals surface area contributed by atoms with Crippen molar-refractivity contribution in [1.82, 2.24) is 24.8 Å². The van der Waals surface area contributed by atoms with Crippen LogP contribution in [0.5, 0.6) is 0 Å². The lowest BCUT2D eigenvalue weighted by atomic mass is 9.84. The number of methoxy groups -OCH3 is 1. The van der Waals surface area contributed by atoms with E-state index in [0.29, 0.717) is 24.8 Å². The van der Waals surface area contributed by atoms with E-state index in [1.807, 2.05) is 19.2 Å². The van der Waals surface area contributed by atoms with Gasteiger partial charge in [0.25, 0.3) is 5.91 Å². The third-order valence-corrected chi connectivity index (χ3v) is 5.79. The van der Waals surface area contributed by atoms with Crippen molar-refractivity contribution in [1.29, 1.82) is 5.26 Å². The molecule has 152 valence electrons. The molecule has 0 saturated heterocycles. The molecule has 1 saturated carbocycles. The zero-order chi connectivity index (χ0) is 20.4. The molecule has 0 aliphatic heterocycles. The summed E-state index contributed by atoms with van der Waals surface area (Å²) in [5.74, 6) is 0.662. The van der Waals surface area contributed by atoms with Crippen molar-refractivity contribution >= 4 is 28.0 Å². The number of nitriles is 1. The van der Waals surface area contributed by atoms with Gasteiger partial charge in [-0.1, -0.05) is 0 Å². The number of nitrogens with one attached hydrogen (secondary N) is 2. The Kier molecular flexibility index (Phi) is 5.49. The fourth-order valence-electron chi connectivity index (χ4n) is 4.42. The lowest BCUT2D eigenvalue weighted by Crippen LogP contribution is -2.37. The average molecular weight is 394 g/mol. The van der Waals surface area contributed by atoms with Gasteiger partial charge in [-0.3, -0.25) is 4.79 Å². The monoisotopic (exact) mass is 394 g/mol. The Morgan fingerprint density at radius 1 is 1.45 bits per heavy atom. The number of ether oxygens (including phenoxy) is 1. The predicted octanol–water partition coefficient (Wildman–Crippen LogP) is 3.32. The highest BCUT2D eigenvalue weighted by Gasteiger charge is 2.29. The van der Waals surface area contributed by atoms with E-state index in [1.165, 1.54) is 0 Å². The second-order valence-corrected chi connectivity index (χ2v) is 7.90. The van der Waals surface area contributed by atoms with E-state index in [0.717, 1.165) is 47.8 Å². The summed E-state index contributed by atoms with van der Waals surface area (Å²) in [5, 5.41) is 13.0. The molecule has 1 amide bonds. The van der Waals surface area contributed by atoms with Crippen LogP contribution in [0.25, 0.3) is 22.1 Å². The van der Waals surface area contributed by atoms with Crippen LogP contribution in [0.1, 0.15) is 55.7 Å². The number of aromatic nitrogens is 4. The van der Waals surface area contributed by atoms with Crippen LogP contribution in [-0.4, -0.2) is 45.2 Å². The molecule has 0 bridgehead atoms. The first-order chi connectivity index (χ1) is 14.1. The van der Waals surface area contributed by atoms with Gasteiger partial charge in [-0.05, 0) is 44.6 Å². The van der Waals surface area contributed by atoms with E-state index in [9.17, 15) is 4.79 Å². The smallest absolute Gasteiger partial charge is 0.287 e. The summed E-state index contributed by atoms with van der Waals surface area (Å²) in [4.78, 5) is 25.3. The molecule has 3 aromatic heterocycles. The van der Waals surface area contributed by atoms with E-state index < -0.39 is 0 Å². The molecular formula is C21H26N6O2. The Balaban J connectivity index is 1.76. The van der Waals surface area contributed by atoms with E-state index in [-0.39, 0.29) is 18.0 Å². The SMILES string of the molecule is COCC(C)NC(=O)c1nc2cnc3[nH]ccc3c2n1[C@H]1CC[C@H](CC#N)CC1. The lowest BCUT2D eigenvalue weighted by molar-refractivity contribution is 0.0887. The van der Waals surface area contributed by atoms with Crippen molar-refractivity contribution in [2.45, 2.75) is 51.1 Å². The van der Waals surface area contributed by atoms with Gasteiger partial charge in [0.15, 0.2) is 5.82 Å². The van der Waals surface area contributed by atoms with Gasteiger partial charge in [0.1, 0.15) is 11.2 Å². The standard InChI is InChI=1S/C21H26N6O2/c1-13(12-29-2)25-21(28)20-26-17-11-24-19-16(8-10-23-19)18(17)27(20)15-5-3-14(4-6-15)7-9-22/h8,10-11,13-15H,3-7,12H2,1-2H3,(H,23,24)(H,25,28)/t13?,14-,15-. The van der Waals surface area contributed by atoms with E-state index in [2.05, 4.69) is 30.9 Å². The third kappa shape index (κ3) is 3.70. The first kappa shape index (κ1) is 19.4. The van der Waals surface area contributed by atoms with Gasteiger partial charge in [-0.25, -0.2) is 9.97 Å². The number of amides is 1. The van der Waals surface area contributed by atoms with Crippen LogP contribution in [0, 0.1) is 17.2 Å². The molecule has 29 heavy (non-hydrogen) atoms. The molecular weight excluding hydrogens is 368 g/mol. The molecule has 1 aliphatic rings. The van der Waals surface area contributed by atoms with Gasteiger partial charge in [-0.2, -0.15) is 5.26 Å². The van der Waals surface area contributed by atoms with Crippen molar-refractivity contribution in [3.8, 4) is 6.07 Å². The minimum Gasteiger partial charge on any atom is -0.383 e. The van der Waals surface area contributed by atoms with Crippen LogP contribution in [0.4, 0.5) is 0 Å². The maximum atomic E-state index is 13.1. The third-order valence-electron chi connectivity index (χ3n) is 5.79. The number of pyridine rings is 1. The summed E-state index contributed by atoms with van der Waals surface area (Å²) >= 11 is 0. The Morgan fingerprint density at radius 2 is 2.24 bits per heavy atom. The van der Waals surface area contributed by atoms with E-state index in [1.54, 1.807) is 13.3 Å². The fraction of sp³-hybridized carbons (Fsp3) is 0.524. The minimum absolute atomic E-state index is 0.113. The summed E-state index contributed by atoms with van der Waals surface area (Å²) in [6.07, 6.45) is 8.02. The number of hydrogen-bond donors (Lipinski definition) is 2. The quantitative estimate of drug-likeness (QED) is 0.667. The number of aromatic amines is 1. The first-order valence-corrected chi connectivity index (χ1v) is 10.1. The highest BCUT2D eigenvalue weighted by atomic mass is 16.5. The van der Waals surface area contributed by atoms with Crippen LogP contribution < -0.4 is 5.32 Å². The Labute approximate surface area is 169 Å². The molecule has 1 aliphatic carbocycles. The molecule has 2 N–H and O–H groups in total. The van der Waals surface area contributed by atoms with Gasteiger partial charge in [0.2, 0.25) is 0 Å². The number of hydrogen-bond acceptors (Lipinski definition) is 5. The Bertz CT molecular complexity index is 1050. The molecule has 0 aromatic carbocycles. The van der Waals surface area contributed by atoms with Gasteiger partial charge < -0.3 is 19.6 Å². The molecule has 0 spiro atoms. The Hall–Kier alpha value is -2.92. The lowest BCUT2D eigenvalue weighted by Gasteiger charge is -2.29. The van der Waals surface area contributed by atoms with Crippen LogP contribution in [0.2, 0.25) is 0 Å². The summed E-state index contributed by atoms with van der Waals surface area (Å²) in [6, 6.07) is 4.34. The van der Waals surface area contributed by atoms with Crippen molar-refractivity contribution in [2.24, 2.45) is 5.92 Å². The first-order valence-electron chi connectivity index (χ1n) is 10.1. The molecule has 1 unspecified atom stereocenters. The van der Waals surface area contributed by atoms with Crippen molar-refractivity contribution in [2.75, 3.05) is 13.7 Å². The maximum absolute atomic E-state index is 13.1. The number of nitrogens with zero attached hydrogens (tertiary/aromatic N) is 4. The van der Waals surface area contributed by atoms with E-state index in [4.69, 9.17) is 10.00 Å². The zero-order valence-corrected chi connectivity index (χ0v) is 16.8. The second kappa shape index (κ2) is 8.21. The number of imidazole rings is 1. The summed E-state index contributed by atoms with van der Waals surface area (Å²) in [5.41, 5.74) is 2.46. The molecule has 1 atom stereocenters. The van der Waals surface area contributed by atoms with Gasteiger partial charge in [0.05, 0.1) is 24.4 Å². The molecule has 4 rings (SSSR count). The number of fused-ring (bicyclic) bond motifs is 3. The molecule has 1 fully saturated rings. The normalized spacial score (nSPS) is 20.6. The highest BCUT2D eigenvalue weighted by molar-refractivity contribution is 6.04. The van der Waals surface area contributed by atoms with Crippen LogP contribution in [0.15, 0.2) is 18.5 Å². The second-order valence-electron chi connectivity index (χ2n) is 7.90. The number of carbonyl (C=O) groups excluding carboxylic acids is 1. The highest BCUT2D eigenvalue weighted by Crippen LogP contribution is 2.37. The van der Waals surface area contributed by atoms with Gasteiger partial charge in [-0.15, -0.1) is 0 Å². The number of carbonyl (C=O) groups is 1. The zero-order valence-electron chi connectivity index (χ0n) is 16.8. The average Bonchev–Trinajstić information content (AvgIpc) is 3.33. The number of H-pyrrole nitrogens is 1. The maximum Gasteiger partial charge on any atom is 0.287 e. The topological polar surface area (TPSA) is 109 Å². The summed E-state index contributed by atoms with van der Waals surface area (Å²) in [7, 11) is 1.62. The fourth-order valence-corrected chi connectivity index (χ4v) is 4.42. The molecule has 8 nitrogen and oxygen atoms in total. The summed E-state index contributed by atoms with van der Waals surface area (Å²) < 4.78 is 7.25. The predicted molar refractivity (Wildman–Crippen MR) is 109 cm³/mol. The molecule has 3 aromatic rings. The van der Waals surface area contributed by atoms with Crippen LogP contribution in [0.3, 0.4) is 0 Å². The molecule has 8 heteroatoms. The van der Waals surface area contributed by atoms with Crippen molar-refractivity contribution in [3.63, 3.8) is 0 Å². The largest absolute Gasteiger partial charge is 0.383 e. The van der Waals surface area contributed by atoms with Crippen LogP contribution in [-0.2, 0) is 4.74 Å². The van der Waals surface area contributed by atoms with Crippen molar-refractivity contribution < 1.29 is 9.53 Å². The van der Waals surface area contributed by atoms with Crippen LogP contribution >= 0.6 is 0 Å².